The number of hydrogen-bond acceptors (Lipinski definition) is 5. The molecule has 0 spiro atoms. The molecule has 2 aliphatic heterocycles. The van der Waals surface area contributed by atoms with Crippen molar-refractivity contribution in [2.24, 2.45) is 4.99 Å². The van der Waals surface area contributed by atoms with Crippen molar-refractivity contribution in [3.05, 3.63) is 42.3 Å². The Bertz CT molecular complexity index is 776. The minimum atomic E-state index is 0. The lowest BCUT2D eigenvalue weighted by molar-refractivity contribution is 0.0195. The highest BCUT2D eigenvalue weighted by Crippen LogP contribution is 2.19. The van der Waals surface area contributed by atoms with E-state index in [0.717, 1.165) is 63.2 Å². The SMILES string of the molecule is CCNC(=NCc1coc(-c2ccccc2)n1)N1CCC(N2CCOCC2)C1.I. The molecule has 3 heterocycles. The molecule has 0 aliphatic carbocycles. The molecule has 2 saturated heterocycles. The molecule has 4 rings (SSSR count). The molecule has 0 bridgehead atoms. The Labute approximate surface area is 189 Å². The van der Waals surface area contributed by atoms with Gasteiger partial charge in [0.05, 0.1) is 19.8 Å². The molecule has 158 valence electrons. The maximum atomic E-state index is 5.63. The van der Waals surface area contributed by atoms with Crippen LogP contribution in [0.1, 0.15) is 19.0 Å². The van der Waals surface area contributed by atoms with Crippen LogP contribution in [0.4, 0.5) is 0 Å². The van der Waals surface area contributed by atoms with Gasteiger partial charge in [-0.15, -0.1) is 24.0 Å². The predicted octanol–water partition coefficient (Wildman–Crippen LogP) is 2.83. The maximum Gasteiger partial charge on any atom is 0.226 e. The molecule has 1 aromatic carbocycles. The van der Waals surface area contributed by atoms with Crippen LogP contribution in [0.3, 0.4) is 0 Å². The first kappa shape index (κ1) is 22.0. The average Bonchev–Trinajstić information content (AvgIpc) is 3.43. The Morgan fingerprint density at radius 3 is 2.76 bits per heavy atom. The summed E-state index contributed by atoms with van der Waals surface area (Å²) in [5.74, 6) is 1.60. The highest BCUT2D eigenvalue weighted by Gasteiger charge is 2.30. The van der Waals surface area contributed by atoms with Crippen LogP contribution in [0, 0.1) is 0 Å². The molecule has 2 fully saturated rings. The molecular formula is C21H30IN5O2. The van der Waals surface area contributed by atoms with Gasteiger partial charge in [0.15, 0.2) is 5.96 Å². The quantitative estimate of drug-likeness (QED) is 0.379. The largest absolute Gasteiger partial charge is 0.444 e. The number of aromatic nitrogens is 1. The van der Waals surface area contributed by atoms with Crippen LogP contribution in [0.5, 0.6) is 0 Å². The fourth-order valence-electron chi connectivity index (χ4n) is 3.85. The summed E-state index contributed by atoms with van der Waals surface area (Å²) in [4.78, 5) is 14.3. The zero-order valence-electron chi connectivity index (χ0n) is 16.9. The van der Waals surface area contributed by atoms with Crippen LogP contribution in [0.25, 0.3) is 11.5 Å². The second-order valence-electron chi connectivity index (χ2n) is 7.22. The van der Waals surface area contributed by atoms with E-state index in [1.807, 2.05) is 30.3 Å². The van der Waals surface area contributed by atoms with Crippen molar-refractivity contribution in [1.29, 1.82) is 0 Å². The number of nitrogens with zero attached hydrogens (tertiary/aromatic N) is 4. The van der Waals surface area contributed by atoms with Crippen LogP contribution in [-0.4, -0.2) is 72.7 Å². The monoisotopic (exact) mass is 511 g/mol. The smallest absolute Gasteiger partial charge is 0.226 e. The Morgan fingerprint density at radius 1 is 1.21 bits per heavy atom. The normalized spacial score (nSPS) is 20.5. The van der Waals surface area contributed by atoms with Gasteiger partial charge in [-0.1, -0.05) is 18.2 Å². The van der Waals surface area contributed by atoms with Gasteiger partial charge >= 0.3 is 0 Å². The number of oxazole rings is 1. The topological polar surface area (TPSA) is 66.1 Å². The molecule has 2 aromatic rings. The van der Waals surface area contributed by atoms with Crippen LogP contribution in [-0.2, 0) is 11.3 Å². The van der Waals surface area contributed by atoms with E-state index < -0.39 is 0 Å². The van der Waals surface area contributed by atoms with Gasteiger partial charge in [-0.25, -0.2) is 9.98 Å². The van der Waals surface area contributed by atoms with Crippen molar-refractivity contribution in [2.45, 2.75) is 25.9 Å². The Hall–Kier alpha value is -1.65. The van der Waals surface area contributed by atoms with Gasteiger partial charge in [0.1, 0.15) is 12.0 Å². The number of benzene rings is 1. The number of ether oxygens (including phenoxy) is 1. The van der Waals surface area contributed by atoms with Crippen LogP contribution >= 0.6 is 24.0 Å². The Morgan fingerprint density at radius 2 is 2.00 bits per heavy atom. The molecule has 7 nitrogen and oxygen atoms in total. The first-order valence-electron chi connectivity index (χ1n) is 10.2. The summed E-state index contributed by atoms with van der Waals surface area (Å²) in [5, 5.41) is 3.43. The van der Waals surface area contributed by atoms with Gasteiger partial charge in [0.2, 0.25) is 5.89 Å². The molecule has 1 N–H and O–H groups in total. The van der Waals surface area contributed by atoms with Crippen molar-refractivity contribution in [1.82, 2.24) is 20.1 Å². The van der Waals surface area contributed by atoms with E-state index in [1.165, 1.54) is 6.42 Å². The summed E-state index contributed by atoms with van der Waals surface area (Å²) in [7, 11) is 0. The second-order valence-corrected chi connectivity index (χ2v) is 7.22. The maximum absolute atomic E-state index is 5.63. The number of nitrogens with one attached hydrogen (secondary N) is 1. The number of guanidine groups is 1. The summed E-state index contributed by atoms with van der Waals surface area (Å²) >= 11 is 0. The molecule has 1 aromatic heterocycles. The van der Waals surface area contributed by atoms with E-state index in [1.54, 1.807) is 6.26 Å². The van der Waals surface area contributed by atoms with Crippen molar-refractivity contribution in [3.63, 3.8) is 0 Å². The molecule has 8 heteroatoms. The number of aliphatic imine (C=N–C) groups is 1. The minimum absolute atomic E-state index is 0. The van der Waals surface area contributed by atoms with Gasteiger partial charge < -0.3 is 19.4 Å². The van der Waals surface area contributed by atoms with Gasteiger partial charge in [-0.3, -0.25) is 4.90 Å². The lowest BCUT2D eigenvalue weighted by atomic mass is 10.2. The highest BCUT2D eigenvalue weighted by atomic mass is 127. The van der Waals surface area contributed by atoms with Gasteiger partial charge in [0.25, 0.3) is 0 Å². The molecule has 1 atom stereocenters. The van der Waals surface area contributed by atoms with Crippen LogP contribution < -0.4 is 5.32 Å². The summed E-state index contributed by atoms with van der Waals surface area (Å²) < 4.78 is 11.1. The fraction of sp³-hybridized carbons (Fsp3) is 0.524. The van der Waals surface area contributed by atoms with E-state index in [-0.39, 0.29) is 24.0 Å². The lowest BCUT2D eigenvalue weighted by Gasteiger charge is -2.32. The molecule has 0 radical (unpaired) electrons. The van der Waals surface area contributed by atoms with Gasteiger partial charge in [0, 0.05) is 44.3 Å². The van der Waals surface area contributed by atoms with Crippen molar-refractivity contribution in [3.8, 4) is 11.5 Å². The summed E-state index contributed by atoms with van der Waals surface area (Å²) in [6, 6.07) is 10.5. The van der Waals surface area contributed by atoms with Crippen LogP contribution in [0.15, 0.2) is 46.0 Å². The molecule has 1 unspecified atom stereocenters. The lowest BCUT2D eigenvalue weighted by Crippen LogP contribution is -2.46. The number of halogens is 1. The molecule has 29 heavy (non-hydrogen) atoms. The summed E-state index contributed by atoms with van der Waals surface area (Å²) in [5.41, 5.74) is 1.83. The fourth-order valence-corrected chi connectivity index (χ4v) is 3.85. The second kappa shape index (κ2) is 10.9. The average molecular weight is 511 g/mol. The first-order valence-corrected chi connectivity index (χ1v) is 10.2. The zero-order valence-corrected chi connectivity index (χ0v) is 19.2. The Balaban J connectivity index is 0.00000240. The predicted molar refractivity (Wildman–Crippen MR) is 125 cm³/mol. The molecule has 0 amide bonds. The first-order chi connectivity index (χ1) is 13.8. The van der Waals surface area contributed by atoms with E-state index in [0.29, 0.717) is 18.5 Å². The standard InChI is InChI=1S/C21H29N5O2.HI/c1-2-22-21(26-9-8-19(15-26)25-10-12-27-13-11-25)23-14-18-16-28-20(24-18)17-6-4-3-5-7-17;/h3-7,16,19H,2,8-15H2,1H3,(H,22,23);1H. The third-order valence-corrected chi connectivity index (χ3v) is 5.32. The van der Waals surface area contributed by atoms with E-state index in [9.17, 15) is 0 Å². The number of rotatable bonds is 5. The zero-order chi connectivity index (χ0) is 19.2. The third kappa shape index (κ3) is 5.70. The number of morpholine rings is 1. The van der Waals surface area contributed by atoms with Crippen molar-refractivity contribution in [2.75, 3.05) is 45.9 Å². The number of hydrogen-bond donors (Lipinski definition) is 1. The molecule has 2 aliphatic rings. The number of likely N-dealkylation sites (tertiary alicyclic amines) is 1. The highest BCUT2D eigenvalue weighted by molar-refractivity contribution is 14.0. The Kier molecular flexibility index (Phi) is 8.31. The van der Waals surface area contributed by atoms with Crippen LogP contribution in [0.2, 0.25) is 0 Å². The van der Waals surface area contributed by atoms with Gasteiger partial charge in [-0.2, -0.15) is 0 Å². The summed E-state index contributed by atoms with van der Waals surface area (Å²) in [6.07, 6.45) is 2.88. The van der Waals surface area contributed by atoms with E-state index >= 15 is 0 Å². The van der Waals surface area contributed by atoms with E-state index in [4.69, 9.17) is 14.1 Å². The van der Waals surface area contributed by atoms with Crippen molar-refractivity contribution < 1.29 is 9.15 Å². The van der Waals surface area contributed by atoms with Gasteiger partial charge in [-0.05, 0) is 25.5 Å². The van der Waals surface area contributed by atoms with Crippen molar-refractivity contribution >= 4 is 29.9 Å². The molecular weight excluding hydrogens is 481 g/mol. The van der Waals surface area contributed by atoms with E-state index in [2.05, 4.69) is 27.0 Å². The minimum Gasteiger partial charge on any atom is -0.444 e. The molecule has 0 saturated carbocycles. The third-order valence-electron chi connectivity index (χ3n) is 5.32. The summed E-state index contributed by atoms with van der Waals surface area (Å²) in [6.45, 7) is 9.28.